The summed E-state index contributed by atoms with van der Waals surface area (Å²) in [6, 6.07) is 10.8. The molecule has 3 rings (SSSR count). The predicted octanol–water partition coefficient (Wildman–Crippen LogP) is 2.01. The lowest BCUT2D eigenvalue weighted by atomic mass is 10.1. The first kappa shape index (κ1) is 17.6. The fourth-order valence-electron chi connectivity index (χ4n) is 3.73. The standard InChI is InChI=1S/C19H26N4O2/c1-22-16-4-5-17(22)14-23(12-9-16)19(24)21-11-13-25-18-6-2-15(3-7-18)8-10-20/h2-3,6-7,16-17H,4-5,8-9,11-14H2,1H3,(H,21,24)/t16-,17-/m0/s1. The number of amides is 2. The van der Waals surface area contributed by atoms with Crippen LogP contribution in [0.2, 0.25) is 0 Å². The molecule has 2 aliphatic heterocycles. The summed E-state index contributed by atoms with van der Waals surface area (Å²) < 4.78 is 5.64. The Morgan fingerprint density at radius 3 is 2.80 bits per heavy atom. The lowest BCUT2D eigenvalue weighted by Gasteiger charge is -2.26. The molecule has 2 heterocycles. The minimum Gasteiger partial charge on any atom is -0.492 e. The Balaban J connectivity index is 1.38. The van der Waals surface area contributed by atoms with Crippen molar-refractivity contribution >= 4 is 6.03 Å². The van der Waals surface area contributed by atoms with E-state index in [9.17, 15) is 4.79 Å². The van der Waals surface area contributed by atoms with Gasteiger partial charge < -0.3 is 15.0 Å². The Morgan fingerprint density at radius 1 is 1.28 bits per heavy atom. The van der Waals surface area contributed by atoms with Gasteiger partial charge in [0.15, 0.2) is 0 Å². The van der Waals surface area contributed by atoms with E-state index < -0.39 is 0 Å². The van der Waals surface area contributed by atoms with E-state index in [4.69, 9.17) is 10.00 Å². The average molecular weight is 342 g/mol. The number of benzene rings is 1. The fraction of sp³-hybridized carbons (Fsp3) is 0.579. The van der Waals surface area contributed by atoms with E-state index in [1.165, 1.54) is 12.8 Å². The van der Waals surface area contributed by atoms with Gasteiger partial charge in [-0.25, -0.2) is 4.79 Å². The van der Waals surface area contributed by atoms with Gasteiger partial charge in [0.25, 0.3) is 0 Å². The third-order valence-electron chi connectivity index (χ3n) is 5.29. The van der Waals surface area contributed by atoms with Crippen LogP contribution < -0.4 is 10.1 Å². The Hall–Kier alpha value is -2.26. The first-order chi connectivity index (χ1) is 12.2. The largest absolute Gasteiger partial charge is 0.492 e. The van der Waals surface area contributed by atoms with Gasteiger partial charge in [-0.3, -0.25) is 4.90 Å². The van der Waals surface area contributed by atoms with E-state index in [1.54, 1.807) is 0 Å². The van der Waals surface area contributed by atoms with Crippen molar-refractivity contribution in [2.75, 3.05) is 33.3 Å². The van der Waals surface area contributed by atoms with E-state index in [0.29, 0.717) is 31.7 Å². The molecule has 6 heteroatoms. The Bertz CT molecular complexity index is 625. The maximum absolute atomic E-state index is 12.4. The highest BCUT2D eigenvalue weighted by atomic mass is 16.5. The van der Waals surface area contributed by atoms with Crippen LogP contribution in [0.25, 0.3) is 0 Å². The Kier molecular flexibility index (Phi) is 5.77. The third-order valence-corrected chi connectivity index (χ3v) is 5.29. The molecule has 2 bridgehead atoms. The van der Waals surface area contributed by atoms with Gasteiger partial charge in [0.1, 0.15) is 12.4 Å². The number of carbonyl (C=O) groups is 1. The molecule has 2 amide bonds. The highest BCUT2D eigenvalue weighted by molar-refractivity contribution is 5.74. The molecule has 0 aliphatic carbocycles. The third kappa shape index (κ3) is 4.43. The van der Waals surface area contributed by atoms with Gasteiger partial charge in [-0.1, -0.05) is 12.1 Å². The van der Waals surface area contributed by atoms with Gasteiger partial charge in [0.2, 0.25) is 0 Å². The molecule has 0 aromatic heterocycles. The molecular weight excluding hydrogens is 316 g/mol. The SMILES string of the molecule is CN1[C@H]2CC[C@H]1CN(C(=O)NCCOc1ccc(CC#N)cc1)CC2. The molecule has 1 aromatic carbocycles. The first-order valence-corrected chi connectivity index (χ1v) is 9.01. The number of nitrogens with one attached hydrogen (secondary N) is 1. The number of hydrogen-bond acceptors (Lipinski definition) is 4. The van der Waals surface area contributed by atoms with Crippen LogP contribution in [0.1, 0.15) is 24.8 Å². The number of hydrogen-bond donors (Lipinski definition) is 1. The topological polar surface area (TPSA) is 68.6 Å². The van der Waals surface area contributed by atoms with Crippen LogP contribution in [-0.2, 0) is 6.42 Å². The van der Waals surface area contributed by atoms with Crippen molar-refractivity contribution in [2.24, 2.45) is 0 Å². The van der Waals surface area contributed by atoms with Crippen molar-refractivity contribution in [1.82, 2.24) is 15.1 Å². The first-order valence-electron chi connectivity index (χ1n) is 9.01. The van der Waals surface area contributed by atoms with Crippen molar-refractivity contribution in [3.63, 3.8) is 0 Å². The summed E-state index contributed by atoms with van der Waals surface area (Å²) in [4.78, 5) is 16.8. The van der Waals surface area contributed by atoms with Crippen LogP contribution in [0.4, 0.5) is 4.79 Å². The monoisotopic (exact) mass is 342 g/mol. The van der Waals surface area contributed by atoms with Crippen LogP contribution in [0.5, 0.6) is 5.75 Å². The lowest BCUT2D eigenvalue weighted by Crippen LogP contribution is -2.45. The summed E-state index contributed by atoms with van der Waals surface area (Å²) in [7, 11) is 2.18. The van der Waals surface area contributed by atoms with Crippen molar-refractivity contribution < 1.29 is 9.53 Å². The normalized spacial score (nSPS) is 23.0. The van der Waals surface area contributed by atoms with Crippen LogP contribution >= 0.6 is 0 Å². The minimum atomic E-state index is 0.00826. The number of likely N-dealkylation sites (N-methyl/N-ethyl adjacent to an activating group) is 1. The second-order valence-corrected chi connectivity index (χ2v) is 6.84. The van der Waals surface area contributed by atoms with E-state index in [0.717, 1.165) is 30.8 Å². The van der Waals surface area contributed by atoms with Crippen LogP contribution in [-0.4, -0.2) is 61.2 Å². The second-order valence-electron chi connectivity index (χ2n) is 6.84. The molecule has 2 saturated heterocycles. The van der Waals surface area contributed by atoms with Crippen molar-refractivity contribution in [1.29, 1.82) is 5.26 Å². The predicted molar refractivity (Wildman–Crippen MR) is 95.4 cm³/mol. The highest BCUT2D eigenvalue weighted by Gasteiger charge is 2.35. The fourth-order valence-corrected chi connectivity index (χ4v) is 3.73. The summed E-state index contributed by atoms with van der Waals surface area (Å²) >= 11 is 0. The number of nitrogens with zero attached hydrogens (tertiary/aromatic N) is 3. The van der Waals surface area contributed by atoms with Gasteiger partial charge >= 0.3 is 6.03 Å². The van der Waals surface area contributed by atoms with Gasteiger partial charge in [0, 0.05) is 25.2 Å². The summed E-state index contributed by atoms with van der Waals surface area (Å²) in [5.41, 5.74) is 0.976. The van der Waals surface area contributed by atoms with E-state index >= 15 is 0 Å². The molecule has 2 aliphatic rings. The number of carbonyl (C=O) groups excluding carboxylic acids is 1. The van der Waals surface area contributed by atoms with Crippen molar-refractivity contribution in [2.45, 2.75) is 37.8 Å². The molecule has 0 radical (unpaired) electrons. The molecular formula is C19H26N4O2. The van der Waals surface area contributed by atoms with Crippen LogP contribution in [0.3, 0.4) is 0 Å². The van der Waals surface area contributed by atoms with Gasteiger partial charge in [-0.05, 0) is 44.0 Å². The summed E-state index contributed by atoms with van der Waals surface area (Å²) in [6.45, 7) is 2.57. The number of likely N-dealkylation sites (tertiary alicyclic amines) is 1. The molecule has 25 heavy (non-hydrogen) atoms. The molecule has 134 valence electrons. The number of urea groups is 1. The summed E-state index contributed by atoms with van der Waals surface area (Å²) in [5.74, 6) is 0.754. The zero-order chi connectivity index (χ0) is 17.6. The van der Waals surface area contributed by atoms with Gasteiger partial charge in [0.05, 0.1) is 19.0 Å². The maximum atomic E-state index is 12.4. The van der Waals surface area contributed by atoms with Crippen molar-refractivity contribution in [3.8, 4) is 11.8 Å². The van der Waals surface area contributed by atoms with E-state index in [1.807, 2.05) is 29.2 Å². The van der Waals surface area contributed by atoms with Gasteiger partial charge in [-0.2, -0.15) is 5.26 Å². The zero-order valence-electron chi connectivity index (χ0n) is 14.8. The van der Waals surface area contributed by atoms with E-state index in [-0.39, 0.29) is 6.03 Å². The molecule has 1 N–H and O–H groups in total. The Morgan fingerprint density at radius 2 is 2.04 bits per heavy atom. The number of rotatable bonds is 5. The van der Waals surface area contributed by atoms with Gasteiger partial charge in [-0.15, -0.1) is 0 Å². The van der Waals surface area contributed by atoms with Crippen LogP contribution in [0, 0.1) is 11.3 Å². The van der Waals surface area contributed by atoms with E-state index in [2.05, 4.69) is 23.3 Å². The smallest absolute Gasteiger partial charge is 0.317 e. The number of ether oxygens (including phenoxy) is 1. The molecule has 2 atom stereocenters. The van der Waals surface area contributed by atoms with Crippen LogP contribution in [0.15, 0.2) is 24.3 Å². The zero-order valence-corrected chi connectivity index (χ0v) is 14.8. The number of nitriles is 1. The molecule has 0 spiro atoms. The maximum Gasteiger partial charge on any atom is 0.317 e. The minimum absolute atomic E-state index is 0.00826. The average Bonchev–Trinajstić information content (AvgIpc) is 2.85. The lowest BCUT2D eigenvalue weighted by molar-refractivity contribution is 0.185. The second kappa shape index (κ2) is 8.21. The van der Waals surface area contributed by atoms with Crippen molar-refractivity contribution in [3.05, 3.63) is 29.8 Å². The molecule has 6 nitrogen and oxygen atoms in total. The molecule has 0 saturated carbocycles. The highest BCUT2D eigenvalue weighted by Crippen LogP contribution is 2.28. The summed E-state index contributed by atoms with van der Waals surface area (Å²) in [6.07, 6.45) is 3.92. The Labute approximate surface area is 149 Å². The molecule has 0 unspecified atom stereocenters. The summed E-state index contributed by atoms with van der Waals surface area (Å²) in [5, 5.41) is 11.6. The molecule has 1 aromatic rings. The quantitative estimate of drug-likeness (QED) is 0.831. The number of fused-ring (bicyclic) bond motifs is 2. The molecule has 2 fully saturated rings.